The maximum Gasteiger partial charge on any atom is 0.251 e. The summed E-state index contributed by atoms with van der Waals surface area (Å²) >= 11 is 1.58. The molecule has 130 valence electrons. The van der Waals surface area contributed by atoms with Gasteiger partial charge in [0.05, 0.1) is 23.0 Å². The maximum atomic E-state index is 12.2. The second-order valence-corrected chi connectivity index (χ2v) is 8.52. The number of sulfonamides is 1. The lowest BCUT2D eigenvalue weighted by molar-refractivity contribution is 0.0951. The number of anilines is 1. The summed E-state index contributed by atoms with van der Waals surface area (Å²) in [5.41, 5.74) is 1.94. The fourth-order valence-corrected chi connectivity index (χ4v) is 3.73. The number of hydrogen-bond acceptors (Lipinski definition) is 5. The van der Waals surface area contributed by atoms with E-state index < -0.39 is 10.0 Å². The van der Waals surface area contributed by atoms with Gasteiger partial charge in [0.25, 0.3) is 5.91 Å². The fourth-order valence-electron chi connectivity index (χ4n) is 2.13. The molecule has 0 saturated heterocycles. The maximum absolute atomic E-state index is 12.2. The van der Waals surface area contributed by atoms with Crippen LogP contribution in [0.1, 0.15) is 39.8 Å². The number of benzene rings is 1. The number of amides is 1. The quantitative estimate of drug-likeness (QED) is 0.787. The summed E-state index contributed by atoms with van der Waals surface area (Å²) in [7, 11) is -3.31. The van der Waals surface area contributed by atoms with Crippen LogP contribution in [0.15, 0.2) is 24.3 Å². The molecule has 1 aromatic heterocycles. The largest absolute Gasteiger partial charge is 0.347 e. The summed E-state index contributed by atoms with van der Waals surface area (Å²) in [6.07, 6.45) is 0.835. The van der Waals surface area contributed by atoms with Gasteiger partial charge in [-0.05, 0) is 44.5 Å². The standard InChI is InChI=1S/C16H21N3O3S2/c1-4-14-15(23-11(3)18-14)10-17-16(20)12-6-8-13(9-7-12)19-24(21,22)5-2/h6-9,19H,4-5,10H2,1-3H3,(H,17,20). The van der Waals surface area contributed by atoms with Crippen LogP contribution in [0.25, 0.3) is 0 Å². The van der Waals surface area contributed by atoms with Gasteiger partial charge in [0.2, 0.25) is 10.0 Å². The van der Waals surface area contributed by atoms with Crippen LogP contribution in [0.2, 0.25) is 0 Å². The van der Waals surface area contributed by atoms with E-state index >= 15 is 0 Å². The Labute approximate surface area is 146 Å². The number of hydrogen-bond donors (Lipinski definition) is 2. The topological polar surface area (TPSA) is 88.2 Å². The van der Waals surface area contributed by atoms with E-state index in [4.69, 9.17) is 0 Å². The van der Waals surface area contributed by atoms with E-state index in [9.17, 15) is 13.2 Å². The minimum atomic E-state index is -3.31. The second-order valence-electron chi connectivity index (χ2n) is 5.22. The van der Waals surface area contributed by atoms with Crippen molar-refractivity contribution >= 4 is 33.0 Å². The van der Waals surface area contributed by atoms with Crippen molar-refractivity contribution in [3.05, 3.63) is 45.4 Å². The van der Waals surface area contributed by atoms with E-state index in [1.54, 1.807) is 42.5 Å². The molecule has 1 amide bonds. The van der Waals surface area contributed by atoms with E-state index in [0.29, 0.717) is 17.8 Å². The van der Waals surface area contributed by atoms with Crippen LogP contribution in [0.5, 0.6) is 0 Å². The average Bonchev–Trinajstić information content (AvgIpc) is 2.93. The molecule has 0 unspecified atom stereocenters. The molecule has 0 bridgehead atoms. The minimum Gasteiger partial charge on any atom is -0.347 e. The Morgan fingerprint density at radius 1 is 1.21 bits per heavy atom. The third-order valence-corrected chi connectivity index (χ3v) is 5.75. The zero-order valence-electron chi connectivity index (χ0n) is 13.9. The number of nitrogens with one attached hydrogen (secondary N) is 2. The summed E-state index contributed by atoms with van der Waals surface area (Å²) < 4.78 is 25.5. The monoisotopic (exact) mass is 367 g/mol. The number of thiazole rings is 1. The number of rotatable bonds is 7. The first-order valence-corrected chi connectivity index (χ1v) is 10.2. The van der Waals surface area contributed by atoms with Gasteiger partial charge in [-0.15, -0.1) is 11.3 Å². The molecule has 0 aliphatic rings. The lowest BCUT2D eigenvalue weighted by Crippen LogP contribution is -2.23. The Bertz CT molecular complexity index is 812. The highest BCUT2D eigenvalue weighted by Crippen LogP contribution is 2.18. The Kier molecular flexibility index (Phi) is 5.95. The van der Waals surface area contributed by atoms with Crippen molar-refractivity contribution in [1.82, 2.24) is 10.3 Å². The van der Waals surface area contributed by atoms with E-state index in [-0.39, 0.29) is 11.7 Å². The zero-order chi connectivity index (χ0) is 17.7. The number of carbonyl (C=O) groups is 1. The first kappa shape index (κ1) is 18.4. The van der Waals surface area contributed by atoms with Crippen molar-refractivity contribution in [1.29, 1.82) is 0 Å². The molecule has 0 radical (unpaired) electrons. The lowest BCUT2D eigenvalue weighted by Gasteiger charge is -2.08. The van der Waals surface area contributed by atoms with Crippen LogP contribution < -0.4 is 10.0 Å². The lowest BCUT2D eigenvalue weighted by atomic mass is 10.2. The molecule has 6 nitrogen and oxygen atoms in total. The molecule has 1 aromatic carbocycles. The molecule has 0 aliphatic carbocycles. The molecule has 0 saturated carbocycles. The van der Waals surface area contributed by atoms with Crippen molar-refractivity contribution in [3.8, 4) is 0 Å². The molecule has 0 atom stereocenters. The molecule has 24 heavy (non-hydrogen) atoms. The first-order valence-electron chi connectivity index (χ1n) is 7.68. The Morgan fingerprint density at radius 2 is 1.88 bits per heavy atom. The fraction of sp³-hybridized carbons (Fsp3) is 0.375. The second kappa shape index (κ2) is 7.76. The molecule has 1 heterocycles. The molecule has 2 aromatic rings. The van der Waals surface area contributed by atoms with Gasteiger partial charge in [-0.25, -0.2) is 13.4 Å². The third-order valence-electron chi connectivity index (χ3n) is 3.43. The van der Waals surface area contributed by atoms with Crippen molar-refractivity contribution < 1.29 is 13.2 Å². The first-order chi connectivity index (χ1) is 11.3. The van der Waals surface area contributed by atoms with Crippen molar-refractivity contribution in [2.75, 3.05) is 10.5 Å². The predicted molar refractivity (Wildman–Crippen MR) is 96.9 cm³/mol. The minimum absolute atomic E-state index is 0.00324. The number of carbonyl (C=O) groups excluding carboxylic acids is 1. The van der Waals surface area contributed by atoms with Gasteiger partial charge >= 0.3 is 0 Å². The van der Waals surface area contributed by atoms with Gasteiger partial charge in [-0.1, -0.05) is 6.92 Å². The van der Waals surface area contributed by atoms with E-state index in [1.165, 1.54) is 0 Å². The van der Waals surface area contributed by atoms with Gasteiger partial charge in [0.15, 0.2) is 0 Å². The molecule has 0 fully saturated rings. The van der Waals surface area contributed by atoms with E-state index in [2.05, 4.69) is 15.0 Å². The Balaban J connectivity index is 2.00. The van der Waals surface area contributed by atoms with Crippen LogP contribution in [0.4, 0.5) is 5.69 Å². The van der Waals surface area contributed by atoms with Crippen molar-refractivity contribution in [2.45, 2.75) is 33.7 Å². The molecule has 2 rings (SSSR count). The van der Waals surface area contributed by atoms with Gasteiger partial charge < -0.3 is 5.32 Å². The summed E-state index contributed by atoms with van der Waals surface area (Å²) in [5, 5.41) is 3.86. The van der Waals surface area contributed by atoms with Crippen LogP contribution >= 0.6 is 11.3 Å². The number of nitrogens with zero attached hydrogens (tertiary/aromatic N) is 1. The molecule has 0 aliphatic heterocycles. The van der Waals surface area contributed by atoms with Gasteiger partial charge in [-0.2, -0.15) is 0 Å². The summed E-state index contributed by atoms with van der Waals surface area (Å²) in [6, 6.07) is 6.36. The molecule has 2 N–H and O–H groups in total. The highest BCUT2D eigenvalue weighted by molar-refractivity contribution is 7.92. The van der Waals surface area contributed by atoms with Crippen molar-refractivity contribution in [2.24, 2.45) is 0 Å². The van der Waals surface area contributed by atoms with Crippen LogP contribution in [-0.2, 0) is 23.0 Å². The SMILES string of the molecule is CCc1nc(C)sc1CNC(=O)c1ccc(NS(=O)(=O)CC)cc1. The number of aromatic nitrogens is 1. The van der Waals surface area contributed by atoms with Crippen LogP contribution in [0, 0.1) is 6.92 Å². The van der Waals surface area contributed by atoms with E-state index in [0.717, 1.165) is 22.0 Å². The molecule has 8 heteroatoms. The van der Waals surface area contributed by atoms with E-state index in [1.807, 2.05) is 13.8 Å². The molecular weight excluding hydrogens is 346 g/mol. The summed E-state index contributed by atoms with van der Waals surface area (Å²) in [6.45, 7) is 5.99. The summed E-state index contributed by atoms with van der Waals surface area (Å²) in [5.74, 6) is -0.198. The van der Waals surface area contributed by atoms with Gasteiger partial charge in [-0.3, -0.25) is 9.52 Å². The van der Waals surface area contributed by atoms with Crippen molar-refractivity contribution in [3.63, 3.8) is 0 Å². The smallest absolute Gasteiger partial charge is 0.251 e. The number of aryl methyl sites for hydroxylation is 2. The van der Waals surface area contributed by atoms with Gasteiger partial charge in [0, 0.05) is 16.1 Å². The predicted octanol–water partition coefficient (Wildman–Crippen LogP) is 2.71. The molecule has 0 spiro atoms. The van der Waals surface area contributed by atoms with Gasteiger partial charge in [0.1, 0.15) is 0 Å². The normalized spacial score (nSPS) is 11.3. The Morgan fingerprint density at radius 3 is 2.46 bits per heavy atom. The third kappa shape index (κ3) is 4.78. The summed E-state index contributed by atoms with van der Waals surface area (Å²) in [4.78, 5) is 17.7. The average molecular weight is 367 g/mol. The van der Waals surface area contributed by atoms with Crippen LogP contribution in [0.3, 0.4) is 0 Å². The Hall–Kier alpha value is -1.93. The van der Waals surface area contributed by atoms with Crippen LogP contribution in [-0.4, -0.2) is 25.1 Å². The highest BCUT2D eigenvalue weighted by atomic mass is 32.2. The molecular formula is C16H21N3O3S2. The zero-order valence-corrected chi connectivity index (χ0v) is 15.6. The highest BCUT2D eigenvalue weighted by Gasteiger charge is 2.11.